The molecule has 1 aliphatic heterocycles. The molecule has 0 radical (unpaired) electrons. The Morgan fingerprint density at radius 1 is 1.38 bits per heavy atom. The number of nitrogens with zero attached hydrogens (tertiary/aromatic N) is 1. The molecule has 1 unspecified atom stereocenters. The van der Waals surface area contributed by atoms with Crippen molar-refractivity contribution in [2.75, 3.05) is 19.6 Å². The molecule has 0 bridgehead atoms. The molecule has 0 saturated carbocycles. The Hall–Kier alpha value is -1.49. The van der Waals surface area contributed by atoms with Crippen LogP contribution in [0.15, 0.2) is 18.2 Å². The van der Waals surface area contributed by atoms with Crippen LogP contribution in [0.1, 0.15) is 31.7 Å². The molecule has 0 aliphatic carbocycles. The van der Waals surface area contributed by atoms with Crippen molar-refractivity contribution < 1.29 is 13.6 Å². The van der Waals surface area contributed by atoms with E-state index >= 15 is 0 Å². The first kappa shape index (κ1) is 15.9. The average Bonchev–Trinajstić information content (AvgIpc) is 2.95. The Labute approximate surface area is 124 Å². The van der Waals surface area contributed by atoms with Crippen molar-refractivity contribution >= 4 is 5.91 Å². The quantitative estimate of drug-likeness (QED) is 0.875. The van der Waals surface area contributed by atoms with Crippen molar-refractivity contribution in [2.45, 2.75) is 38.6 Å². The predicted octanol–water partition coefficient (Wildman–Crippen LogP) is 2.50. The van der Waals surface area contributed by atoms with Gasteiger partial charge in [0.05, 0.1) is 6.42 Å². The highest BCUT2D eigenvalue weighted by atomic mass is 19.2. The summed E-state index contributed by atoms with van der Waals surface area (Å²) < 4.78 is 26.1. The van der Waals surface area contributed by atoms with Gasteiger partial charge in [-0.1, -0.05) is 13.0 Å². The molecule has 1 saturated heterocycles. The van der Waals surface area contributed by atoms with Gasteiger partial charge in [0.25, 0.3) is 0 Å². The molecule has 1 aliphatic rings. The Morgan fingerprint density at radius 2 is 2.19 bits per heavy atom. The highest BCUT2D eigenvalue weighted by Gasteiger charge is 2.21. The fourth-order valence-corrected chi connectivity index (χ4v) is 2.70. The van der Waals surface area contributed by atoms with Crippen molar-refractivity contribution in [3.8, 4) is 0 Å². The van der Waals surface area contributed by atoms with Gasteiger partial charge in [-0.15, -0.1) is 0 Å². The summed E-state index contributed by atoms with van der Waals surface area (Å²) in [4.78, 5) is 14.2. The molecule has 1 amide bonds. The summed E-state index contributed by atoms with van der Waals surface area (Å²) in [6.45, 7) is 4.42. The zero-order chi connectivity index (χ0) is 15.2. The number of carbonyl (C=O) groups is 1. The summed E-state index contributed by atoms with van der Waals surface area (Å²) >= 11 is 0. The second kappa shape index (κ2) is 7.50. The summed E-state index contributed by atoms with van der Waals surface area (Å²) in [6.07, 6.45) is 3.22. The number of hydrogen-bond acceptors (Lipinski definition) is 2. The zero-order valence-corrected chi connectivity index (χ0v) is 12.4. The van der Waals surface area contributed by atoms with E-state index in [4.69, 9.17) is 0 Å². The predicted molar refractivity (Wildman–Crippen MR) is 78.0 cm³/mol. The molecule has 1 atom stereocenters. The van der Waals surface area contributed by atoms with Gasteiger partial charge in [-0.2, -0.15) is 0 Å². The van der Waals surface area contributed by atoms with Crippen LogP contribution in [0, 0.1) is 11.6 Å². The highest BCUT2D eigenvalue weighted by Crippen LogP contribution is 2.12. The summed E-state index contributed by atoms with van der Waals surface area (Å²) in [7, 11) is 0. The van der Waals surface area contributed by atoms with E-state index in [1.807, 2.05) is 11.8 Å². The lowest BCUT2D eigenvalue weighted by Crippen LogP contribution is -2.42. The molecule has 116 valence electrons. The number of carbonyl (C=O) groups excluding carboxylic acids is 1. The van der Waals surface area contributed by atoms with Gasteiger partial charge in [0, 0.05) is 19.1 Å². The number of halogens is 2. The van der Waals surface area contributed by atoms with E-state index in [0.29, 0.717) is 24.7 Å². The van der Waals surface area contributed by atoms with Crippen LogP contribution in [0.25, 0.3) is 0 Å². The standard InChI is InChI=1S/C16H22F2N2O/c1-2-8-20(11-13-4-3-7-19-13)16(21)10-12-5-6-14(17)15(18)9-12/h5-6,9,13,19H,2-4,7-8,10-11H2,1H3. The Morgan fingerprint density at radius 3 is 2.81 bits per heavy atom. The summed E-state index contributed by atoms with van der Waals surface area (Å²) in [6, 6.07) is 3.99. The van der Waals surface area contributed by atoms with E-state index in [1.54, 1.807) is 0 Å². The van der Waals surface area contributed by atoms with Crippen LogP contribution >= 0.6 is 0 Å². The second-order valence-corrected chi connectivity index (χ2v) is 5.56. The van der Waals surface area contributed by atoms with Gasteiger partial charge >= 0.3 is 0 Å². The molecule has 0 aromatic heterocycles. The van der Waals surface area contributed by atoms with E-state index in [-0.39, 0.29) is 12.3 Å². The van der Waals surface area contributed by atoms with Crippen molar-refractivity contribution in [1.82, 2.24) is 10.2 Å². The number of rotatable bonds is 6. The van der Waals surface area contributed by atoms with Gasteiger partial charge in [0.2, 0.25) is 5.91 Å². The molecule has 5 heteroatoms. The van der Waals surface area contributed by atoms with Crippen molar-refractivity contribution in [3.05, 3.63) is 35.4 Å². The van der Waals surface area contributed by atoms with Gasteiger partial charge in [0.15, 0.2) is 11.6 Å². The number of nitrogens with one attached hydrogen (secondary N) is 1. The van der Waals surface area contributed by atoms with Crippen molar-refractivity contribution in [3.63, 3.8) is 0 Å². The molecule has 2 rings (SSSR count). The molecular weight excluding hydrogens is 274 g/mol. The first-order valence-electron chi connectivity index (χ1n) is 7.55. The third kappa shape index (κ3) is 4.49. The minimum absolute atomic E-state index is 0.0310. The fraction of sp³-hybridized carbons (Fsp3) is 0.562. The van der Waals surface area contributed by atoms with E-state index in [1.165, 1.54) is 6.07 Å². The number of amides is 1. The summed E-state index contributed by atoms with van der Waals surface area (Å²) in [5, 5.41) is 3.38. The fourth-order valence-electron chi connectivity index (χ4n) is 2.70. The van der Waals surface area contributed by atoms with Crippen molar-refractivity contribution in [2.24, 2.45) is 0 Å². The first-order chi connectivity index (χ1) is 10.1. The minimum Gasteiger partial charge on any atom is -0.341 e. The second-order valence-electron chi connectivity index (χ2n) is 5.56. The largest absolute Gasteiger partial charge is 0.341 e. The van der Waals surface area contributed by atoms with Gasteiger partial charge in [0.1, 0.15) is 0 Å². The smallest absolute Gasteiger partial charge is 0.227 e. The lowest BCUT2D eigenvalue weighted by Gasteiger charge is -2.25. The first-order valence-corrected chi connectivity index (χ1v) is 7.55. The molecule has 1 aromatic rings. The lowest BCUT2D eigenvalue weighted by molar-refractivity contribution is -0.130. The topological polar surface area (TPSA) is 32.3 Å². The normalized spacial score (nSPS) is 18.0. The van der Waals surface area contributed by atoms with E-state index < -0.39 is 11.6 Å². The average molecular weight is 296 g/mol. The maximum Gasteiger partial charge on any atom is 0.227 e. The molecule has 0 spiro atoms. The van der Waals surface area contributed by atoms with Crippen LogP contribution in [0.2, 0.25) is 0 Å². The SMILES string of the molecule is CCCN(CC1CCCN1)C(=O)Cc1ccc(F)c(F)c1. The zero-order valence-electron chi connectivity index (χ0n) is 12.4. The van der Waals surface area contributed by atoms with Crippen LogP contribution in [0.4, 0.5) is 8.78 Å². The maximum absolute atomic E-state index is 13.2. The van der Waals surface area contributed by atoms with Gasteiger partial charge in [-0.05, 0) is 43.5 Å². The highest BCUT2D eigenvalue weighted by molar-refractivity contribution is 5.78. The monoisotopic (exact) mass is 296 g/mol. The summed E-state index contributed by atoms with van der Waals surface area (Å²) in [5.74, 6) is -1.82. The van der Waals surface area contributed by atoms with E-state index in [0.717, 1.165) is 37.9 Å². The van der Waals surface area contributed by atoms with Gasteiger partial charge < -0.3 is 10.2 Å². The van der Waals surface area contributed by atoms with Gasteiger partial charge in [-0.25, -0.2) is 8.78 Å². The lowest BCUT2D eigenvalue weighted by atomic mass is 10.1. The third-order valence-electron chi connectivity index (χ3n) is 3.79. The van der Waals surface area contributed by atoms with Gasteiger partial charge in [-0.3, -0.25) is 4.79 Å². The molecule has 1 N–H and O–H groups in total. The third-order valence-corrected chi connectivity index (χ3v) is 3.79. The van der Waals surface area contributed by atoms with Crippen LogP contribution in [-0.2, 0) is 11.2 Å². The van der Waals surface area contributed by atoms with Crippen molar-refractivity contribution in [1.29, 1.82) is 0 Å². The molecule has 21 heavy (non-hydrogen) atoms. The van der Waals surface area contributed by atoms with E-state index in [9.17, 15) is 13.6 Å². The molecule has 3 nitrogen and oxygen atoms in total. The summed E-state index contributed by atoms with van der Waals surface area (Å²) in [5.41, 5.74) is 0.513. The Bertz CT molecular complexity index is 487. The van der Waals surface area contributed by atoms with Crippen LogP contribution in [0.5, 0.6) is 0 Å². The Kier molecular flexibility index (Phi) is 5.67. The Balaban J connectivity index is 1.98. The van der Waals surface area contributed by atoms with Crippen LogP contribution in [0.3, 0.4) is 0 Å². The molecule has 1 fully saturated rings. The van der Waals surface area contributed by atoms with E-state index in [2.05, 4.69) is 5.32 Å². The van der Waals surface area contributed by atoms with Crippen LogP contribution < -0.4 is 5.32 Å². The number of benzene rings is 1. The molecule has 1 aromatic carbocycles. The van der Waals surface area contributed by atoms with Crippen LogP contribution in [-0.4, -0.2) is 36.5 Å². The molecular formula is C16H22F2N2O. The maximum atomic E-state index is 13.2. The molecule has 1 heterocycles. The number of hydrogen-bond donors (Lipinski definition) is 1. The minimum atomic E-state index is -0.903.